The van der Waals surface area contributed by atoms with Gasteiger partial charge in [-0.05, 0) is 42.5 Å². The van der Waals surface area contributed by atoms with Crippen LogP contribution in [0, 0.1) is 0 Å². The number of nitrogens with zero attached hydrogens (tertiary/aromatic N) is 2. The number of carboxylic acid groups (broad SMARTS) is 1. The average molecular weight is 411 g/mol. The van der Waals surface area contributed by atoms with E-state index in [0.29, 0.717) is 12.8 Å². The van der Waals surface area contributed by atoms with Crippen LogP contribution in [0.1, 0.15) is 30.1 Å². The maximum Gasteiger partial charge on any atom is 0.325 e. The smallest absolute Gasteiger partial charge is 0.325 e. The Morgan fingerprint density at radius 3 is 2.48 bits per heavy atom. The molecule has 0 saturated heterocycles. The van der Waals surface area contributed by atoms with Gasteiger partial charge in [0.2, 0.25) is 10.0 Å². The maximum absolute atomic E-state index is 12.9. The average Bonchev–Trinajstić information content (AvgIpc) is 3.12. The van der Waals surface area contributed by atoms with Gasteiger partial charge in [0.05, 0.1) is 17.1 Å². The van der Waals surface area contributed by atoms with Gasteiger partial charge in [-0.25, -0.2) is 13.1 Å². The van der Waals surface area contributed by atoms with E-state index in [1.807, 2.05) is 30.3 Å². The van der Waals surface area contributed by atoms with Crippen molar-refractivity contribution < 1.29 is 18.3 Å². The van der Waals surface area contributed by atoms with Gasteiger partial charge in [0.1, 0.15) is 6.54 Å². The number of hydrogen-bond donors (Lipinski definition) is 2. The van der Waals surface area contributed by atoms with Crippen molar-refractivity contribution >= 4 is 16.0 Å². The molecule has 0 spiro atoms. The van der Waals surface area contributed by atoms with E-state index in [1.54, 1.807) is 30.5 Å². The molecule has 0 aliphatic heterocycles. The van der Waals surface area contributed by atoms with Crippen molar-refractivity contribution in [3.63, 3.8) is 0 Å². The van der Waals surface area contributed by atoms with Crippen molar-refractivity contribution in [1.29, 1.82) is 0 Å². The van der Waals surface area contributed by atoms with E-state index in [9.17, 15) is 13.2 Å². The summed E-state index contributed by atoms with van der Waals surface area (Å²) in [4.78, 5) is 11.2. The molecule has 1 aromatic heterocycles. The normalized spacial score (nSPS) is 16.3. The number of hydrogen-bond acceptors (Lipinski definition) is 4. The lowest BCUT2D eigenvalue weighted by Crippen LogP contribution is -2.31. The van der Waals surface area contributed by atoms with E-state index >= 15 is 0 Å². The standard InChI is InChI=1S/C21H21N3O4S/c25-21(26)14-24-20-8-4-7-19(18(20)13-22-24)23-29(27,28)17-11-9-16(10-12-17)15-5-2-1-3-6-15/h1-3,5-6,9-13,19,23H,4,7-8,14H2,(H,25,26). The highest BCUT2D eigenvalue weighted by atomic mass is 32.2. The number of nitrogens with one attached hydrogen (secondary N) is 1. The second-order valence-corrected chi connectivity index (χ2v) is 8.77. The van der Waals surface area contributed by atoms with Crippen molar-refractivity contribution in [3.05, 3.63) is 72.1 Å². The maximum atomic E-state index is 12.9. The molecule has 3 aromatic rings. The fourth-order valence-electron chi connectivity index (χ4n) is 3.72. The molecule has 29 heavy (non-hydrogen) atoms. The molecule has 7 nitrogen and oxygen atoms in total. The number of rotatable bonds is 6. The van der Waals surface area contributed by atoms with Crippen LogP contribution < -0.4 is 4.72 Å². The molecule has 0 fully saturated rings. The first-order chi connectivity index (χ1) is 13.9. The molecule has 150 valence electrons. The Hall–Kier alpha value is -2.97. The predicted molar refractivity (Wildman–Crippen MR) is 108 cm³/mol. The number of aromatic nitrogens is 2. The fraction of sp³-hybridized carbons (Fsp3) is 0.238. The molecule has 8 heteroatoms. The number of fused-ring (bicyclic) bond motifs is 1. The van der Waals surface area contributed by atoms with Crippen LogP contribution in [0.2, 0.25) is 0 Å². The monoisotopic (exact) mass is 411 g/mol. The lowest BCUT2D eigenvalue weighted by Gasteiger charge is -2.24. The molecule has 1 atom stereocenters. The number of carbonyl (C=O) groups is 1. The number of carboxylic acids is 1. The lowest BCUT2D eigenvalue weighted by molar-refractivity contribution is -0.137. The Labute approximate surface area is 169 Å². The predicted octanol–water partition coefficient (Wildman–Crippen LogP) is 2.99. The molecule has 4 rings (SSSR count). The van der Waals surface area contributed by atoms with Gasteiger partial charge in [-0.1, -0.05) is 42.5 Å². The van der Waals surface area contributed by atoms with Gasteiger partial charge in [-0.15, -0.1) is 0 Å². The molecular weight excluding hydrogens is 390 g/mol. The van der Waals surface area contributed by atoms with Crippen LogP contribution in [0.15, 0.2) is 65.7 Å². The summed E-state index contributed by atoms with van der Waals surface area (Å²) < 4.78 is 30.0. The molecule has 1 unspecified atom stereocenters. The Bertz CT molecular complexity index is 1120. The van der Waals surface area contributed by atoms with Crippen LogP contribution in [-0.4, -0.2) is 29.3 Å². The first kappa shape index (κ1) is 19.4. The van der Waals surface area contributed by atoms with E-state index < -0.39 is 22.0 Å². The third kappa shape index (κ3) is 4.08. The first-order valence-corrected chi connectivity index (χ1v) is 10.9. The third-order valence-electron chi connectivity index (χ3n) is 5.12. The molecule has 1 heterocycles. The second-order valence-electron chi connectivity index (χ2n) is 7.05. The van der Waals surface area contributed by atoms with Crippen LogP contribution in [0.5, 0.6) is 0 Å². The summed E-state index contributed by atoms with van der Waals surface area (Å²) in [5, 5.41) is 13.2. The van der Waals surface area contributed by atoms with Crippen LogP contribution in [0.25, 0.3) is 11.1 Å². The molecule has 0 amide bonds. The molecule has 2 N–H and O–H groups in total. The minimum Gasteiger partial charge on any atom is -0.480 e. The number of benzene rings is 2. The minimum absolute atomic E-state index is 0.197. The van der Waals surface area contributed by atoms with Gasteiger partial charge in [-0.2, -0.15) is 5.10 Å². The van der Waals surface area contributed by atoms with Crippen molar-refractivity contribution in [2.75, 3.05) is 0 Å². The van der Waals surface area contributed by atoms with Gasteiger partial charge in [0, 0.05) is 11.3 Å². The molecule has 1 aliphatic rings. The van der Waals surface area contributed by atoms with Gasteiger partial charge in [0.25, 0.3) is 0 Å². The van der Waals surface area contributed by atoms with Crippen molar-refractivity contribution in [1.82, 2.24) is 14.5 Å². The molecule has 0 bridgehead atoms. The Morgan fingerprint density at radius 2 is 1.79 bits per heavy atom. The van der Waals surface area contributed by atoms with Gasteiger partial charge in [-0.3, -0.25) is 9.48 Å². The van der Waals surface area contributed by atoms with Crippen LogP contribution >= 0.6 is 0 Å². The largest absolute Gasteiger partial charge is 0.480 e. The Kier molecular flexibility index (Phi) is 5.21. The quantitative estimate of drug-likeness (QED) is 0.649. The molecule has 2 aromatic carbocycles. The molecule has 0 saturated carbocycles. The van der Waals surface area contributed by atoms with Crippen LogP contribution in [0.3, 0.4) is 0 Å². The zero-order chi connectivity index (χ0) is 20.4. The van der Waals surface area contributed by atoms with E-state index in [-0.39, 0.29) is 11.4 Å². The van der Waals surface area contributed by atoms with E-state index in [4.69, 9.17) is 5.11 Å². The number of aliphatic carboxylic acids is 1. The highest BCUT2D eigenvalue weighted by Crippen LogP contribution is 2.31. The summed E-state index contributed by atoms with van der Waals surface area (Å²) in [6.45, 7) is -0.226. The summed E-state index contributed by atoms with van der Waals surface area (Å²) in [7, 11) is -3.72. The van der Waals surface area contributed by atoms with Crippen LogP contribution in [-0.2, 0) is 27.8 Å². The highest BCUT2D eigenvalue weighted by molar-refractivity contribution is 7.89. The molecular formula is C21H21N3O4S. The van der Waals surface area contributed by atoms with Crippen molar-refractivity contribution in [2.45, 2.75) is 36.7 Å². The fourth-order valence-corrected chi connectivity index (χ4v) is 4.97. The zero-order valence-electron chi connectivity index (χ0n) is 15.7. The Morgan fingerprint density at radius 1 is 1.10 bits per heavy atom. The summed E-state index contributed by atoms with van der Waals surface area (Å²) in [5.41, 5.74) is 3.50. The second kappa shape index (κ2) is 7.81. The SMILES string of the molecule is O=C(O)Cn1ncc2c1CCCC2NS(=O)(=O)c1ccc(-c2ccccc2)cc1. The van der Waals surface area contributed by atoms with E-state index in [1.165, 1.54) is 4.68 Å². The highest BCUT2D eigenvalue weighted by Gasteiger charge is 2.29. The summed E-state index contributed by atoms with van der Waals surface area (Å²) >= 11 is 0. The molecule has 1 aliphatic carbocycles. The first-order valence-electron chi connectivity index (χ1n) is 9.38. The van der Waals surface area contributed by atoms with Crippen molar-refractivity contribution in [3.8, 4) is 11.1 Å². The molecule has 0 radical (unpaired) electrons. The Balaban J connectivity index is 1.55. The lowest BCUT2D eigenvalue weighted by atomic mass is 9.94. The zero-order valence-corrected chi connectivity index (χ0v) is 16.5. The minimum atomic E-state index is -3.72. The summed E-state index contributed by atoms with van der Waals surface area (Å²) in [5.74, 6) is -0.975. The van der Waals surface area contributed by atoms with Gasteiger partial charge < -0.3 is 5.11 Å². The van der Waals surface area contributed by atoms with Crippen molar-refractivity contribution in [2.24, 2.45) is 0 Å². The topological polar surface area (TPSA) is 101 Å². The summed E-state index contributed by atoms with van der Waals surface area (Å²) in [6, 6.07) is 16.1. The summed E-state index contributed by atoms with van der Waals surface area (Å²) in [6.07, 6.45) is 3.67. The third-order valence-corrected chi connectivity index (χ3v) is 6.60. The van der Waals surface area contributed by atoms with E-state index in [0.717, 1.165) is 28.8 Å². The van der Waals surface area contributed by atoms with Gasteiger partial charge >= 0.3 is 5.97 Å². The van der Waals surface area contributed by atoms with Crippen LogP contribution in [0.4, 0.5) is 0 Å². The van der Waals surface area contributed by atoms with E-state index in [2.05, 4.69) is 9.82 Å². The number of sulfonamides is 1. The van der Waals surface area contributed by atoms with Gasteiger partial charge in [0.15, 0.2) is 0 Å².